The Hall–Kier alpha value is -2.31. The molecule has 118 valence electrons. The standard InChI is InChI=1S/C14H11BrN4O3S/c1-23-14-18-12(9(5-16)13(21)19-14)8-4-7(15)2-3-10(8)22-6-11(17)20/h2-4H,6H2,1H3,(H2,17,20)(H,18,19,21). The van der Waals surface area contributed by atoms with Crippen LogP contribution in [0, 0.1) is 11.3 Å². The molecule has 9 heteroatoms. The number of nitrogens with one attached hydrogen (secondary N) is 1. The molecule has 0 spiro atoms. The van der Waals surface area contributed by atoms with E-state index in [0.29, 0.717) is 20.9 Å². The third-order valence-corrected chi connectivity index (χ3v) is 3.84. The lowest BCUT2D eigenvalue weighted by Gasteiger charge is -2.12. The molecule has 0 aliphatic carbocycles. The number of aromatic amines is 1. The lowest BCUT2D eigenvalue weighted by molar-refractivity contribution is -0.119. The lowest BCUT2D eigenvalue weighted by atomic mass is 10.1. The molecule has 0 saturated carbocycles. The van der Waals surface area contributed by atoms with Crippen LogP contribution >= 0.6 is 27.7 Å². The summed E-state index contributed by atoms with van der Waals surface area (Å²) >= 11 is 4.56. The van der Waals surface area contributed by atoms with Crippen LogP contribution in [0.3, 0.4) is 0 Å². The van der Waals surface area contributed by atoms with Gasteiger partial charge in [0.2, 0.25) is 0 Å². The molecule has 0 atom stereocenters. The van der Waals surface area contributed by atoms with Crippen molar-refractivity contribution in [1.82, 2.24) is 9.97 Å². The van der Waals surface area contributed by atoms with Crippen molar-refractivity contribution in [2.24, 2.45) is 5.73 Å². The van der Waals surface area contributed by atoms with Gasteiger partial charge >= 0.3 is 0 Å². The van der Waals surface area contributed by atoms with Gasteiger partial charge in [0.1, 0.15) is 23.1 Å². The number of halogens is 1. The number of nitrogens with two attached hydrogens (primary N) is 1. The Morgan fingerprint density at radius 3 is 2.91 bits per heavy atom. The second kappa shape index (κ2) is 7.30. The second-order valence-electron chi connectivity index (χ2n) is 4.31. The summed E-state index contributed by atoms with van der Waals surface area (Å²) in [6.07, 6.45) is 1.75. The number of primary amides is 1. The zero-order chi connectivity index (χ0) is 17.0. The number of H-pyrrole nitrogens is 1. The third-order valence-electron chi connectivity index (χ3n) is 2.77. The number of nitrogens with zero attached hydrogens (tertiary/aromatic N) is 2. The summed E-state index contributed by atoms with van der Waals surface area (Å²) < 4.78 is 6.06. The number of nitriles is 1. The molecule has 1 amide bonds. The van der Waals surface area contributed by atoms with Gasteiger partial charge in [-0.15, -0.1) is 0 Å². The molecule has 0 bridgehead atoms. The predicted molar refractivity (Wildman–Crippen MR) is 89.2 cm³/mol. The predicted octanol–water partition coefficient (Wildman–Crippen LogP) is 1.66. The van der Waals surface area contributed by atoms with E-state index in [9.17, 15) is 14.9 Å². The fraction of sp³-hybridized carbons (Fsp3) is 0.143. The summed E-state index contributed by atoms with van der Waals surface area (Å²) in [6.45, 7) is -0.324. The Morgan fingerprint density at radius 1 is 1.57 bits per heavy atom. The molecule has 7 nitrogen and oxygen atoms in total. The molecule has 0 aliphatic heterocycles. The Bertz CT molecular complexity index is 860. The molecule has 23 heavy (non-hydrogen) atoms. The first-order chi connectivity index (χ1) is 11.0. The zero-order valence-electron chi connectivity index (χ0n) is 11.9. The minimum absolute atomic E-state index is 0.134. The first kappa shape index (κ1) is 17.1. The SMILES string of the molecule is CSc1nc(-c2cc(Br)ccc2OCC(N)=O)c(C#N)c(=O)[nH]1. The van der Waals surface area contributed by atoms with Crippen molar-refractivity contribution in [3.63, 3.8) is 0 Å². The molecule has 0 saturated heterocycles. The maximum atomic E-state index is 12.0. The van der Waals surface area contributed by atoms with E-state index in [1.54, 1.807) is 24.5 Å². The molecule has 3 N–H and O–H groups in total. The summed E-state index contributed by atoms with van der Waals surface area (Å²) in [5, 5.41) is 9.62. The highest BCUT2D eigenvalue weighted by Crippen LogP contribution is 2.33. The molecule has 1 heterocycles. The summed E-state index contributed by atoms with van der Waals surface area (Å²) in [4.78, 5) is 29.8. The van der Waals surface area contributed by atoms with Crippen LogP contribution in [-0.4, -0.2) is 28.7 Å². The number of carbonyl (C=O) groups excluding carboxylic acids is 1. The third kappa shape index (κ3) is 3.91. The quantitative estimate of drug-likeness (QED) is 0.587. The number of thioether (sulfide) groups is 1. The highest BCUT2D eigenvalue weighted by atomic mass is 79.9. The number of rotatable bonds is 5. The molecule has 2 aromatic rings. The molecule has 1 aromatic heterocycles. The van der Waals surface area contributed by atoms with E-state index >= 15 is 0 Å². The fourth-order valence-corrected chi connectivity index (χ4v) is 2.55. The van der Waals surface area contributed by atoms with Crippen molar-refractivity contribution < 1.29 is 9.53 Å². The molecule has 0 aliphatic rings. The van der Waals surface area contributed by atoms with Crippen LogP contribution < -0.4 is 16.0 Å². The van der Waals surface area contributed by atoms with Crippen molar-refractivity contribution in [1.29, 1.82) is 5.26 Å². The lowest BCUT2D eigenvalue weighted by Crippen LogP contribution is -2.20. The van der Waals surface area contributed by atoms with E-state index in [0.717, 1.165) is 0 Å². The number of amides is 1. The highest BCUT2D eigenvalue weighted by Gasteiger charge is 2.18. The van der Waals surface area contributed by atoms with Gasteiger partial charge < -0.3 is 15.5 Å². The van der Waals surface area contributed by atoms with Crippen LogP contribution in [0.25, 0.3) is 11.3 Å². The average Bonchev–Trinajstić information content (AvgIpc) is 2.52. The van der Waals surface area contributed by atoms with E-state index in [1.807, 2.05) is 6.07 Å². The first-order valence-corrected chi connectivity index (χ1v) is 8.27. The van der Waals surface area contributed by atoms with Gasteiger partial charge in [-0.1, -0.05) is 27.7 Å². The van der Waals surface area contributed by atoms with Crippen molar-refractivity contribution in [2.45, 2.75) is 5.16 Å². The topological polar surface area (TPSA) is 122 Å². The van der Waals surface area contributed by atoms with Crippen LogP contribution in [0.1, 0.15) is 5.56 Å². The Balaban J connectivity index is 2.68. The molecule has 0 radical (unpaired) electrons. The number of benzene rings is 1. The van der Waals surface area contributed by atoms with Gasteiger partial charge in [0, 0.05) is 10.0 Å². The Morgan fingerprint density at radius 2 is 2.30 bits per heavy atom. The van der Waals surface area contributed by atoms with E-state index in [-0.39, 0.29) is 17.9 Å². The van der Waals surface area contributed by atoms with E-state index in [2.05, 4.69) is 25.9 Å². The summed E-state index contributed by atoms with van der Waals surface area (Å²) in [7, 11) is 0. The number of ether oxygens (including phenoxy) is 1. The molecular formula is C14H11BrN4O3S. The minimum Gasteiger partial charge on any atom is -0.483 e. The van der Waals surface area contributed by atoms with Crippen molar-refractivity contribution in [2.75, 3.05) is 12.9 Å². The van der Waals surface area contributed by atoms with Crippen molar-refractivity contribution in [3.8, 4) is 23.1 Å². The Kier molecular flexibility index (Phi) is 5.41. The van der Waals surface area contributed by atoms with Crippen LogP contribution in [-0.2, 0) is 4.79 Å². The van der Waals surface area contributed by atoms with Gasteiger partial charge in [-0.2, -0.15) is 5.26 Å². The average molecular weight is 395 g/mol. The Labute approximate surface area is 144 Å². The van der Waals surface area contributed by atoms with Crippen LogP contribution in [0.5, 0.6) is 5.75 Å². The summed E-state index contributed by atoms with van der Waals surface area (Å²) in [5.41, 5.74) is 5.01. The first-order valence-electron chi connectivity index (χ1n) is 6.25. The van der Waals surface area contributed by atoms with Crippen molar-refractivity contribution >= 4 is 33.6 Å². The van der Waals surface area contributed by atoms with Gasteiger partial charge in [0.05, 0.1) is 0 Å². The minimum atomic E-state index is -0.636. The maximum Gasteiger partial charge on any atom is 0.270 e. The number of carbonyl (C=O) groups is 1. The van der Waals surface area contributed by atoms with E-state index in [1.165, 1.54) is 11.8 Å². The molecule has 0 fully saturated rings. The summed E-state index contributed by atoms with van der Waals surface area (Å²) in [6, 6.07) is 6.81. The van der Waals surface area contributed by atoms with Gasteiger partial charge in [-0.05, 0) is 24.5 Å². The number of hydrogen-bond acceptors (Lipinski definition) is 6. The molecule has 0 unspecified atom stereocenters. The molecule has 1 aromatic carbocycles. The van der Waals surface area contributed by atoms with Gasteiger partial charge in [-0.3, -0.25) is 9.59 Å². The smallest absolute Gasteiger partial charge is 0.270 e. The van der Waals surface area contributed by atoms with Gasteiger partial charge in [-0.25, -0.2) is 4.98 Å². The second-order valence-corrected chi connectivity index (χ2v) is 6.02. The molecule has 2 rings (SSSR count). The van der Waals surface area contributed by atoms with Crippen LogP contribution in [0.15, 0.2) is 32.6 Å². The summed E-state index contributed by atoms with van der Waals surface area (Å²) in [5.74, 6) is -0.336. The number of hydrogen-bond donors (Lipinski definition) is 2. The fourth-order valence-electron chi connectivity index (χ4n) is 1.81. The molecular weight excluding hydrogens is 384 g/mol. The normalized spacial score (nSPS) is 10.1. The number of aromatic nitrogens is 2. The largest absolute Gasteiger partial charge is 0.483 e. The maximum absolute atomic E-state index is 12.0. The van der Waals surface area contributed by atoms with E-state index in [4.69, 9.17) is 10.5 Å². The van der Waals surface area contributed by atoms with Crippen LogP contribution in [0.2, 0.25) is 0 Å². The highest BCUT2D eigenvalue weighted by molar-refractivity contribution is 9.10. The monoisotopic (exact) mass is 394 g/mol. The van der Waals surface area contributed by atoms with Gasteiger partial charge in [0.15, 0.2) is 11.8 Å². The van der Waals surface area contributed by atoms with Crippen LogP contribution in [0.4, 0.5) is 0 Å². The van der Waals surface area contributed by atoms with E-state index < -0.39 is 11.5 Å². The zero-order valence-corrected chi connectivity index (χ0v) is 14.3. The van der Waals surface area contributed by atoms with Gasteiger partial charge in [0.25, 0.3) is 11.5 Å². The van der Waals surface area contributed by atoms with Crippen molar-refractivity contribution in [3.05, 3.63) is 38.6 Å².